The van der Waals surface area contributed by atoms with Gasteiger partial charge in [0.25, 0.3) is 0 Å². The zero-order chi connectivity index (χ0) is 14.4. The average molecular weight is 276 g/mol. The smallest absolute Gasteiger partial charge is 0.319 e. The van der Waals surface area contributed by atoms with E-state index in [0.29, 0.717) is 13.0 Å². The van der Waals surface area contributed by atoms with Crippen LogP contribution in [-0.2, 0) is 17.6 Å². The molecule has 0 spiro atoms. The van der Waals surface area contributed by atoms with E-state index in [9.17, 15) is 9.59 Å². The molecule has 0 aromatic heterocycles. The van der Waals surface area contributed by atoms with Gasteiger partial charge in [-0.25, -0.2) is 4.79 Å². The molecule has 0 saturated heterocycles. The third-order valence-electron chi connectivity index (χ3n) is 3.46. The number of carboxylic acid groups (broad SMARTS) is 1. The van der Waals surface area contributed by atoms with Gasteiger partial charge < -0.3 is 15.7 Å². The lowest BCUT2D eigenvalue weighted by atomic mass is 9.91. The highest BCUT2D eigenvalue weighted by Crippen LogP contribution is 2.24. The van der Waals surface area contributed by atoms with Crippen LogP contribution in [0.2, 0.25) is 0 Å². The monoisotopic (exact) mass is 276 g/mol. The Morgan fingerprint density at radius 2 is 1.90 bits per heavy atom. The highest BCUT2D eigenvalue weighted by molar-refractivity contribution is 5.89. The van der Waals surface area contributed by atoms with Crippen LogP contribution in [0.4, 0.5) is 10.5 Å². The summed E-state index contributed by atoms with van der Waals surface area (Å²) in [5, 5.41) is 13.9. The Morgan fingerprint density at radius 3 is 2.65 bits per heavy atom. The molecule has 5 nitrogen and oxygen atoms in total. The molecule has 1 aliphatic carbocycles. The van der Waals surface area contributed by atoms with E-state index >= 15 is 0 Å². The van der Waals surface area contributed by atoms with Crippen LogP contribution in [0.15, 0.2) is 18.2 Å². The minimum Gasteiger partial charge on any atom is -0.481 e. The van der Waals surface area contributed by atoms with Crippen LogP contribution < -0.4 is 10.6 Å². The van der Waals surface area contributed by atoms with Gasteiger partial charge >= 0.3 is 12.0 Å². The summed E-state index contributed by atoms with van der Waals surface area (Å²) < 4.78 is 0. The van der Waals surface area contributed by atoms with Crippen LogP contribution in [0.25, 0.3) is 0 Å². The fraction of sp³-hybridized carbons (Fsp3) is 0.467. The summed E-state index contributed by atoms with van der Waals surface area (Å²) in [5.41, 5.74) is 3.49. The zero-order valence-corrected chi connectivity index (χ0v) is 11.4. The van der Waals surface area contributed by atoms with Crippen molar-refractivity contribution in [3.05, 3.63) is 29.3 Å². The van der Waals surface area contributed by atoms with Crippen LogP contribution >= 0.6 is 0 Å². The van der Waals surface area contributed by atoms with Crippen molar-refractivity contribution in [2.24, 2.45) is 0 Å². The molecule has 108 valence electrons. The van der Waals surface area contributed by atoms with Crippen molar-refractivity contribution in [1.82, 2.24) is 5.32 Å². The number of fused-ring (bicyclic) bond motifs is 1. The van der Waals surface area contributed by atoms with Gasteiger partial charge in [0, 0.05) is 18.7 Å². The molecule has 0 aliphatic heterocycles. The molecule has 0 heterocycles. The van der Waals surface area contributed by atoms with Crippen LogP contribution in [0, 0.1) is 0 Å². The van der Waals surface area contributed by atoms with Gasteiger partial charge in [0.2, 0.25) is 0 Å². The number of aliphatic carboxylic acids is 1. The predicted octanol–water partition coefficient (Wildman–Crippen LogP) is 2.55. The van der Waals surface area contributed by atoms with Crippen molar-refractivity contribution >= 4 is 17.7 Å². The molecule has 0 saturated carbocycles. The molecular weight excluding hydrogens is 256 g/mol. The normalized spacial score (nSPS) is 13.4. The molecule has 1 aromatic carbocycles. The number of hydrogen-bond acceptors (Lipinski definition) is 2. The van der Waals surface area contributed by atoms with Gasteiger partial charge in [0.15, 0.2) is 0 Å². The molecule has 20 heavy (non-hydrogen) atoms. The fourth-order valence-electron chi connectivity index (χ4n) is 2.43. The van der Waals surface area contributed by atoms with Gasteiger partial charge in [-0.15, -0.1) is 0 Å². The molecule has 0 unspecified atom stereocenters. The van der Waals surface area contributed by atoms with E-state index in [1.807, 2.05) is 12.1 Å². The zero-order valence-electron chi connectivity index (χ0n) is 11.4. The molecule has 1 aliphatic rings. The summed E-state index contributed by atoms with van der Waals surface area (Å²) in [7, 11) is 0. The molecular formula is C15H20N2O3. The van der Waals surface area contributed by atoms with E-state index in [2.05, 4.69) is 16.7 Å². The van der Waals surface area contributed by atoms with Crippen LogP contribution in [0.5, 0.6) is 0 Å². The number of carbonyl (C=O) groups is 2. The number of aryl methyl sites for hydroxylation is 2. The van der Waals surface area contributed by atoms with Crippen molar-refractivity contribution in [1.29, 1.82) is 0 Å². The number of rotatable bonds is 5. The van der Waals surface area contributed by atoms with Gasteiger partial charge in [-0.05, 0) is 55.4 Å². The molecule has 0 fully saturated rings. The van der Waals surface area contributed by atoms with Crippen molar-refractivity contribution in [2.45, 2.75) is 38.5 Å². The number of carboxylic acids is 1. The molecule has 2 amide bonds. The minimum atomic E-state index is -0.845. The van der Waals surface area contributed by atoms with Gasteiger partial charge in [0.05, 0.1) is 0 Å². The second kappa shape index (κ2) is 6.93. The van der Waals surface area contributed by atoms with E-state index in [0.717, 1.165) is 18.5 Å². The van der Waals surface area contributed by atoms with E-state index in [1.54, 1.807) is 0 Å². The number of nitrogens with one attached hydrogen (secondary N) is 2. The average Bonchev–Trinajstić information content (AvgIpc) is 2.43. The Kier molecular flexibility index (Phi) is 4.98. The fourth-order valence-corrected chi connectivity index (χ4v) is 2.43. The first-order valence-corrected chi connectivity index (χ1v) is 7.03. The summed E-state index contributed by atoms with van der Waals surface area (Å²) in [6.07, 6.45) is 5.15. The van der Waals surface area contributed by atoms with Crippen molar-refractivity contribution in [2.75, 3.05) is 11.9 Å². The highest BCUT2D eigenvalue weighted by Gasteiger charge is 2.10. The first kappa shape index (κ1) is 14.4. The second-order valence-corrected chi connectivity index (χ2v) is 5.07. The lowest BCUT2D eigenvalue weighted by Crippen LogP contribution is -2.29. The predicted molar refractivity (Wildman–Crippen MR) is 77.0 cm³/mol. The number of anilines is 1. The Hall–Kier alpha value is -2.04. The van der Waals surface area contributed by atoms with Crippen LogP contribution in [0.1, 0.15) is 36.8 Å². The van der Waals surface area contributed by atoms with E-state index < -0.39 is 5.97 Å². The third kappa shape index (κ3) is 4.26. The summed E-state index contributed by atoms with van der Waals surface area (Å²) in [6.45, 7) is 0.364. The maximum Gasteiger partial charge on any atom is 0.319 e. The number of hydrogen-bond donors (Lipinski definition) is 3. The number of benzene rings is 1. The maximum atomic E-state index is 11.7. The number of carbonyl (C=O) groups excluding carboxylic acids is 1. The number of urea groups is 1. The Balaban J connectivity index is 1.80. The summed E-state index contributed by atoms with van der Waals surface area (Å²) in [6, 6.07) is 5.74. The van der Waals surface area contributed by atoms with Crippen LogP contribution in [-0.4, -0.2) is 23.7 Å². The van der Waals surface area contributed by atoms with E-state index in [-0.39, 0.29) is 12.5 Å². The molecule has 0 radical (unpaired) electrons. The third-order valence-corrected chi connectivity index (χ3v) is 3.46. The first-order valence-electron chi connectivity index (χ1n) is 7.03. The maximum absolute atomic E-state index is 11.7. The molecule has 2 rings (SSSR count). The minimum absolute atomic E-state index is 0.0686. The van der Waals surface area contributed by atoms with Gasteiger partial charge in [-0.1, -0.05) is 6.07 Å². The number of amides is 2. The van der Waals surface area contributed by atoms with E-state index in [4.69, 9.17) is 5.11 Å². The molecule has 1 aromatic rings. The lowest BCUT2D eigenvalue weighted by molar-refractivity contribution is -0.137. The molecule has 5 heteroatoms. The van der Waals surface area contributed by atoms with Crippen LogP contribution in [0.3, 0.4) is 0 Å². The lowest BCUT2D eigenvalue weighted by Gasteiger charge is -2.17. The first-order chi connectivity index (χ1) is 9.65. The Labute approximate surface area is 118 Å². The largest absolute Gasteiger partial charge is 0.481 e. The second-order valence-electron chi connectivity index (χ2n) is 5.07. The van der Waals surface area contributed by atoms with Gasteiger partial charge in [-0.2, -0.15) is 0 Å². The Bertz CT molecular complexity index is 500. The van der Waals surface area contributed by atoms with Crippen molar-refractivity contribution < 1.29 is 14.7 Å². The summed E-state index contributed by atoms with van der Waals surface area (Å²) in [4.78, 5) is 22.0. The topological polar surface area (TPSA) is 78.4 Å². The SMILES string of the molecule is O=C(O)CCCNC(=O)Nc1ccc2c(c1)CCCC2. The summed E-state index contributed by atoms with van der Waals surface area (Å²) >= 11 is 0. The Morgan fingerprint density at radius 1 is 1.15 bits per heavy atom. The van der Waals surface area contributed by atoms with Gasteiger partial charge in [0.1, 0.15) is 0 Å². The standard InChI is InChI=1S/C15H20N2O3/c18-14(19)6-3-9-16-15(20)17-13-8-7-11-4-1-2-5-12(11)10-13/h7-8,10H,1-6,9H2,(H,18,19)(H2,16,17,20). The van der Waals surface area contributed by atoms with E-state index in [1.165, 1.54) is 24.0 Å². The summed E-state index contributed by atoms with van der Waals surface area (Å²) in [5.74, 6) is -0.845. The molecule has 0 atom stereocenters. The van der Waals surface area contributed by atoms with Crippen molar-refractivity contribution in [3.8, 4) is 0 Å². The molecule has 3 N–H and O–H groups in total. The van der Waals surface area contributed by atoms with Gasteiger partial charge in [-0.3, -0.25) is 4.79 Å². The quantitative estimate of drug-likeness (QED) is 0.723. The van der Waals surface area contributed by atoms with Crippen molar-refractivity contribution in [3.63, 3.8) is 0 Å². The molecule has 0 bridgehead atoms. The highest BCUT2D eigenvalue weighted by atomic mass is 16.4.